The van der Waals surface area contributed by atoms with Gasteiger partial charge >= 0.3 is 5.97 Å². The van der Waals surface area contributed by atoms with Gasteiger partial charge in [-0.25, -0.2) is 0 Å². The lowest BCUT2D eigenvalue weighted by Gasteiger charge is -2.50. The summed E-state index contributed by atoms with van der Waals surface area (Å²) in [5.74, 6) is 2.38. The van der Waals surface area contributed by atoms with E-state index < -0.39 is 0 Å². The molecule has 0 radical (unpaired) electrons. The fourth-order valence-electron chi connectivity index (χ4n) is 6.93. The van der Waals surface area contributed by atoms with Gasteiger partial charge in [-0.2, -0.15) is 0 Å². The van der Waals surface area contributed by atoms with Crippen LogP contribution >= 0.6 is 0 Å². The van der Waals surface area contributed by atoms with Crippen LogP contribution in [0.5, 0.6) is 5.75 Å². The third kappa shape index (κ3) is 3.83. The first-order valence-corrected chi connectivity index (χ1v) is 12.1. The van der Waals surface area contributed by atoms with Gasteiger partial charge in [-0.1, -0.05) is 43.3 Å². The van der Waals surface area contributed by atoms with Gasteiger partial charge < -0.3 is 14.6 Å². The Morgan fingerprint density at radius 3 is 2.75 bits per heavy atom. The maximum Gasteiger partial charge on any atom is 0.302 e. The van der Waals surface area contributed by atoms with Crippen molar-refractivity contribution >= 4 is 5.97 Å². The molecule has 4 nitrogen and oxygen atoms in total. The number of ether oxygens (including phenoxy) is 2. The standard InChI is InChI=1S/C28H34O4/c1-18(29)31-17-21-15-26-25-10-8-20-14-22(32-16-19-6-4-3-5-7-19)9-11-23(20)24(25)12-13-28(26,2)27(21)30/h3-7,9,11,14,21,24-27,30H,8,10,12-13,15-17H2,1-2H3/t21-,24-,25-,26+,27-,28+/m1/s1. The van der Waals surface area contributed by atoms with Gasteiger partial charge in [-0.15, -0.1) is 0 Å². The highest BCUT2D eigenvalue weighted by atomic mass is 16.5. The number of hydrogen-bond acceptors (Lipinski definition) is 4. The van der Waals surface area contributed by atoms with Crippen molar-refractivity contribution in [3.63, 3.8) is 0 Å². The Labute approximate surface area is 190 Å². The predicted octanol–water partition coefficient (Wildman–Crippen LogP) is 5.27. The number of hydrogen-bond donors (Lipinski definition) is 1. The molecule has 3 aliphatic rings. The van der Waals surface area contributed by atoms with Gasteiger partial charge in [-0.3, -0.25) is 4.79 Å². The van der Waals surface area contributed by atoms with Gasteiger partial charge in [0.05, 0.1) is 12.7 Å². The second-order valence-corrected chi connectivity index (χ2v) is 10.3. The Bertz CT molecular complexity index is 971. The number of carbonyl (C=O) groups is 1. The van der Waals surface area contributed by atoms with E-state index in [0.717, 1.165) is 37.9 Å². The van der Waals surface area contributed by atoms with E-state index >= 15 is 0 Å². The van der Waals surface area contributed by atoms with Crippen LogP contribution in [0.25, 0.3) is 0 Å². The van der Waals surface area contributed by atoms with Crippen molar-refractivity contribution in [2.75, 3.05) is 6.61 Å². The van der Waals surface area contributed by atoms with E-state index in [0.29, 0.717) is 31.0 Å². The lowest BCUT2D eigenvalue weighted by atomic mass is 9.55. The quantitative estimate of drug-likeness (QED) is 0.651. The van der Waals surface area contributed by atoms with Crippen molar-refractivity contribution in [1.82, 2.24) is 0 Å². The molecule has 5 rings (SSSR count). The third-order valence-electron chi connectivity index (χ3n) is 8.56. The van der Waals surface area contributed by atoms with Crippen molar-refractivity contribution in [3.05, 3.63) is 65.2 Å². The van der Waals surface area contributed by atoms with Gasteiger partial charge in [0.15, 0.2) is 0 Å². The lowest BCUT2D eigenvalue weighted by molar-refractivity contribution is -0.143. The van der Waals surface area contributed by atoms with Crippen LogP contribution in [0.3, 0.4) is 0 Å². The molecule has 32 heavy (non-hydrogen) atoms. The van der Waals surface area contributed by atoms with E-state index in [1.165, 1.54) is 23.6 Å². The number of benzene rings is 2. The molecule has 2 saturated carbocycles. The molecule has 0 bridgehead atoms. The zero-order valence-electron chi connectivity index (χ0n) is 19.1. The summed E-state index contributed by atoms with van der Waals surface area (Å²) in [6.45, 7) is 4.65. The molecule has 0 unspecified atom stereocenters. The van der Waals surface area contributed by atoms with Crippen LogP contribution in [0.2, 0.25) is 0 Å². The minimum Gasteiger partial charge on any atom is -0.489 e. The van der Waals surface area contributed by atoms with E-state index in [4.69, 9.17) is 9.47 Å². The predicted molar refractivity (Wildman–Crippen MR) is 123 cm³/mol. The Morgan fingerprint density at radius 1 is 1.16 bits per heavy atom. The smallest absolute Gasteiger partial charge is 0.302 e. The third-order valence-corrected chi connectivity index (χ3v) is 8.56. The monoisotopic (exact) mass is 434 g/mol. The number of aliphatic hydroxyl groups is 1. The summed E-state index contributed by atoms with van der Waals surface area (Å²) >= 11 is 0. The molecule has 1 N–H and O–H groups in total. The lowest BCUT2D eigenvalue weighted by Crippen LogP contribution is -2.44. The minimum absolute atomic E-state index is 0.0582. The molecule has 0 aliphatic heterocycles. The van der Waals surface area contributed by atoms with Crippen molar-refractivity contribution in [1.29, 1.82) is 0 Å². The summed E-state index contributed by atoms with van der Waals surface area (Å²) in [6.07, 6.45) is 4.94. The fourth-order valence-corrected chi connectivity index (χ4v) is 6.93. The highest BCUT2D eigenvalue weighted by molar-refractivity contribution is 5.65. The van der Waals surface area contributed by atoms with Gasteiger partial charge in [0.25, 0.3) is 0 Å². The van der Waals surface area contributed by atoms with Crippen LogP contribution in [0.4, 0.5) is 0 Å². The first-order chi connectivity index (χ1) is 15.5. The van der Waals surface area contributed by atoms with E-state index in [1.807, 2.05) is 18.2 Å². The zero-order chi connectivity index (χ0) is 22.3. The summed E-state index contributed by atoms with van der Waals surface area (Å²) < 4.78 is 11.4. The van der Waals surface area contributed by atoms with Crippen molar-refractivity contribution in [3.8, 4) is 5.75 Å². The number of aliphatic hydroxyl groups excluding tert-OH is 1. The van der Waals surface area contributed by atoms with E-state index in [-0.39, 0.29) is 23.4 Å². The molecular formula is C28H34O4. The van der Waals surface area contributed by atoms with Gasteiger partial charge in [0, 0.05) is 12.8 Å². The Balaban J connectivity index is 1.31. The van der Waals surface area contributed by atoms with Crippen LogP contribution in [0.1, 0.15) is 62.1 Å². The second kappa shape index (κ2) is 8.55. The van der Waals surface area contributed by atoms with Crippen molar-refractivity contribution in [2.24, 2.45) is 23.2 Å². The average Bonchev–Trinajstić information content (AvgIpc) is 3.07. The molecule has 3 aliphatic carbocycles. The molecule has 0 heterocycles. The molecule has 2 aromatic carbocycles. The molecule has 4 heteroatoms. The van der Waals surface area contributed by atoms with Crippen LogP contribution in [0.15, 0.2) is 48.5 Å². The SMILES string of the molecule is CC(=O)OC[C@H]1C[C@H]2[C@@H]3CCc4cc(OCc5ccccc5)ccc4[C@H]3CC[C@]2(C)[C@@H]1O. The normalized spacial score (nSPS) is 33.0. The Hall–Kier alpha value is -2.33. The van der Waals surface area contributed by atoms with Crippen LogP contribution < -0.4 is 4.74 Å². The van der Waals surface area contributed by atoms with Gasteiger partial charge in [0.2, 0.25) is 0 Å². The van der Waals surface area contributed by atoms with Gasteiger partial charge in [0.1, 0.15) is 12.4 Å². The van der Waals surface area contributed by atoms with E-state index in [1.54, 1.807) is 0 Å². The van der Waals surface area contributed by atoms with Crippen LogP contribution in [-0.2, 0) is 22.6 Å². The zero-order valence-corrected chi connectivity index (χ0v) is 19.1. The Kier molecular flexibility index (Phi) is 5.75. The first-order valence-electron chi connectivity index (χ1n) is 12.1. The van der Waals surface area contributed by atoms with E-state index in [2.05, 4.69) is 37.3 Å². The molecule has 2 fully saturated rings. The number of carbonyl (C=O) groups excluding carboxylic acids is 1. The fraction of sp³-hybridized carbons (Fsp3) is 0.536. The highest BCUT2D eigenvalue weighted by Gasteiger charge is 2.58. The summed E-state index contributed by atoms with van der Waals surface area (Å²) in [4.78, 5) is 11.3. The molecule has 2 aromatic rings. The van der Waals surface area contributed by atoms with Crippen molar-refractivity contribution in [2.45, 2.75) is 64.6 Å². The molecule has 6 atom stereocenters. The number of rotatable bonds is 5. The molecule has 170 valence electrons. The first kappa shape index (κ1) is 21.5. The van der Waals surface area contributed by atoms with Gasteiger partial charge in [-0.05, 0) is 84.1 Å². The number of fused-ring (bicyclic) bond motifs is 5. The maximum atomic E-state index is 11.3. The van der Waals surface area contributed by atoms with Crippen LogP contribution in [0, 0.1) is 23.2 Å². The summed E-state index contributed by atoms with van der Waals surface area (Å²) in [5, 5.41) is 11.1. The second-order valence-electron chi connectivity index (χ2n) is 10.3. The average molecular weight is 435 g/mol. The molecular weight excluding hydrogens is 400 g/mol. The molecule has 0 spiro atoms. The highest BCUT2D eigenvalue weighted by Crippen LogP contribution is 2.62. The summed E-state index contributed by atoms with van der Waals surface area (Å²) in [7, 11) is 0. The molecule has 0 saturated heterocycles. The number of esters is 1. The maximum absolute atomic E-state index is 11.3. The summed E-state index contributed by atoms with van der Waals surface area (Å²) in [6, 6.07) is 16.9. The largest absolute Gasteiger partial charge is 0.489 e. The number of aryl methyl sites for hydroxylation is 1. The van der Waals surface area contributed by atoms with Crippen molar-refractivity contribution < 1.29 is 19.4 Å². The van der Waals surface area contributed by atoms with E-state index in [9.17, 15) is 9.90 Å². The minimum atomic E-state index is -0.386. The van der Waals surface area contributed by atoms with Crippen LogP contribution in [-0.4, -0.2) is 23.8 Å². The summed E-state index contributed by atoms with van der Waals surface area (Å²) in [5.41, 5.74) is 4.02. The Morgan fingerprint density at radius 2 is 1.97 bits per heavy atom. The topological polar surface area (TPSA) is 55.8 Å². The molecule has 0 aromatic heterocycles. The molecule has 0 amide bonds.